The summed E-state index contributed by atoms with van der Waals surface area (Å²) in [6.45, 7) is 0. The van der Waals surface area contributed by atoms with Crippen LogP contribution in [0.5, 0.6) is 0 Å². The number of fused-ring (bicyclic) bond motifs is 6. The fourth-order valence-electron chi connectivity index (χ4n) is 13.3. The van der Waals surface area contributed by atoms with Crippen LogP contribution in [0.1, 0.15) is 61.2 Å². The lowest BCUT2D eigenvalue weighted by Crippen LogP contribution is -2.12. The van der Waals surface area contributed by atoms with E-state index in [2.05, 4.69) is 0 Å². The zero-order valence-corrected chi connectivity index (χ0v) is 53.0. The van der Waals surface area contributed by atoms with Gasteiger partial charge in [0.05, 0.1) is 107 Å². The molecule has 0 aliphatic rings. The number of nitriles is 2. The highest BCUT2D eigenvalue weighted by Crippen LogP contribution is 2.52. The largest absolute Gasteiger partial charge is 0.417 e. The molecular weight excluding hydrogens is 1490 g/mol. The molecule has 0 spiro atoms. The summed E-state index contributed by atoms with van der Waals surface area (Å²) in [5.41, 5.74) is -25.6. The van der Waals surface area contributed by atoms with Crippen LogP contribution in [-0.2, 0) is 55.6 Å². The predicted molar refractivity (Wildman–Crippen MR) is 342 cm³/mol. The van der Waals surface area contributed by atoms with Crippen molar-refractivity contribution >= 4 is 43.6 Å². The molecule has 0 amide bonds. The molecule has 4 nitrogen and oxygen atoms in total. The minimum Gasteiger partial charge on any atom is -0.309 e. The summed E-state index contributed by atoms with van der Waals surface area (Å²) < 4.78 is 398. The number of nitrogens with zero attached hydrogens (tertiary/aromatic N) is 4. The monoisotopic (exact) mass is 1530 g/mol. The fourth-order valence-corrected chi connectivity index (χ4v) is 13.3. The summed E-state index contributed by atoms with van der Waals surface area (Å²) in [5, 5.41) is 19.2. The van der Waals surface area contributed by atoms with Gasteiger partial charge in [-0.3, -0.25) is 0 Å². The Hall–Kier alpha value is -11.9. The molecule has 2 aromatic heterocycles. The first kappa shape index (κ1) is 74.4. The molecule has 0 unspecified atom stereocenters. The van der Waals surface area contributed by atoms with E-state index in [0.717, 1.165) is 115 Å². The van der Waals surface area contributed by atoms with Crippen LogP contribution in [0.25, 0.3) is 122 Å². The maximum Gasteiger partial charge on any atom is 0.417 e. The summed E-state index contributed by atoms with van der Waals surface area (Å²) in [6, 6.07) is 26.8. The first-order chi connectivity index (χ1) is 50.1. The van der Waals surface area contributed by atoms with E-state index >= 15 is 65.9 Å². The van der Waals surface area contributed by atoms with Crippen LogP contribution in [0, 0.1) is 22.7 Å². The van der Waals surface area contributed by atoms with Crippen molar-refractivity contribution in [1.82, 2.24) is 9.13 Å². The van der Waals surface area contributed by atoms with Crippen LogP contribution in [0.15, 0.2) is 200 Å². The maximum atomic E-state index is 15.4. The molecule has 0 radical (unpaired) electrons. The minimum atomic E-state index is -5.55. The SMILES string of the molecule is N#Cc1ccc(-c2cc(-c3ccc(C#N)cc3C(F)(F)F)ccc2-n2c3ccc(-c4ccc(C(F)(F)F)cc4C(F)(F)F)cc3c3cc(-c4ccc(C(F)(F)F)cc4C(F)(F)F)ccc32)c(-n2c3ccc(-c4ccc(C(F)(F)F)cc4C(F)(F)F)cc3c3cc(-c4ccc(C(F)(F)F)cc4C(F)(F)F)ccc32)c1. The smallest absolute Gasteiger partial charge is 0.309 e. The topological polar surface area (TPSA) is 57.4 Å². The lowest BCUT2D eigenvalue weighted by atomic mass is 9.92. The summed E-state index contributed by atoms with van der Waals surface area (Å²) in [4.78, 5) is 0. The molecule has 0 saturated carbocycles. The van der Waals surface area contributed by atoms with Gasteiger partial charge in [0.1, 0.15) is 0 Å². The second-order valence-corrected chi connectivity index (χ2v) is 24.6. The van der Waals surface area contributed by atoms with Crippen LogP contribution in [0.2, 0.25) is 0 Å². The predicted octanol–water partition coefficient (Wildman–Crippen LogP) is 26.8. The molecule has 0 bridgehead atoms. The van der Waals surface area contributed by atoms with Crippen molar-refractivity contribution in [2.75, 3.05) is 0 Å². The number of halogens is 27. The second kappa shape index (κ2) is 25.4. The quantitative estimate of drug-likeness (QED) is 0.142. The summed E-state index contributed by atoms with van der Waals surface area (Å²) >= 11 is 0. The Labute approximate surface area is 587 Å². The molecule has 31 heteroatoms. The highest BCUT2D eigenvalue weighted by Gasteiger charge is 2.44. The lowest BCUT2D eigenvalue weighted by Gasteiger charge is -2.21. The minimum absolute atomic E-state index is 0.202. The molecule has 0 saturated heterocycles. The zero-order valence-electron chi connectivity index (χ0n) is 53.0. The Morgan fingerprint density at radius 3 is 0.722 bits per heavy atom. The Kier molecular flexibility index (Phi) is 17.5. The lowest BCUT2D eigenvalue weighted by molar-refractivity contribution is -0.144. The third kappa shape index (κ3) is 13.6. The molecule has 13 aromatic rings. The second-order valence-electron chi connectivity index (χ2n) is 24.6. The van der Waals surface area contributed by atoms with Crippen LogP contribution >= 0.6 is 0 Å². The van der Waals surface area contributed by atoms with Gasteiger partial charge in [-0.15, -0.1) is 0 Å². The van der Waals surface area contributed by atoms with Gasteiger partial charge in [-0.1, -0.05) is 66.7 Å². The normalized spacial score (nSPS) is 13.1. The van der Waals surface area contributed by atoms with E-state index in [1.54, 1.807) is 6.07 Å². The van der Waals surface area contributed by atoms with Crippen LogP contribution in [-0.4, -0.2) is 9.13 Å². The van der Waals surface area contributed by atoms with Gasteiger partial charge in [0, 0.05) is 32.7 Å². The van der Waals surface area contributed by atoms with E-state index in [0.29, 0.717) is 54.6 Å². The van der Waals surface area contributed by atoms with Crippen molar-refractivity contribution in [2.24, 2.45) is 0 Å². The molecule has 0 aliphatic carbocycles. The summed E-state index contributed by atoms with van der Waals surface area (Å²) in [5.74, 6) is 0. The first-order valence-electron chi connectivity index (χ1n) is 30.8. The fraction of sp³-hybridized carbons (Fsp3) is 0.117. The van der Waals surface area contributed by atoms with Crippen LogP contribution in [0.3, 0.4) is 0 Å². The Balaban J connectivity index is 1.16. The van der Waals surface area contributed by atoms with Gasteiger partial charge in [0.15, 0.2) is 0 Å². The van der Waals surface area contributed by atoms with Crippen molar-refractivity contribution < 1.29 is 119 Å². The third-order valence-electron chi connectivity index (χ3n) is 18.0. The number of aromatic nitrogens is 2. The molecule has 0 fully saturated rings. The molecule has 550 valence electrons. The van der Waals surface area contributed by atoms with E-state index in [-0.39, 0.29) is 102 Å². The first-order valence-corrected chi connectivity index (χ1v) is 30.8. The Morgan fingerprint density at radius 1 is 0.204 bits per heavy atom. The van der Waals surface area contributed by atoms with E-state index < -0.39 is 161 Å². The van der Waals surface area contributed by atoms with Gasteiger partial charge in [-0.25, -0.2) is 0 Å². The van der Waals surface area contributed by atoms with Crippen molar-refractivity contribution in [3.8, 4) is 90.3 Å². The highest BCUT2D eigenvalue weighted by atomic mass is 19.4. The van der Waals surface area contributed by atoms with E-state index in [1.807, 2.05) is 6.07 Å². The number of benzene rings is 11. The highest BCUT2D eigenvalue weighted by molar-refractivity contribution is 6.14. The molecular formula is C77H33F27N4. The van der Waals surface area contributed by atoms with E-state index in [9.17, 15) is 63.2 Å². The molecule has 11 aromatic carbocycles. The molecule has 108 heavy (non-hydrogen) atoms. The number of rotatable bonds is 8. The molecule has 0 N–H and O–H groups in total. The Morgan fingerprint density at radius 2 is 0.444 bits per heavy atom. The average Bonchev–Trinajstić information content (AvgIpc) is 1.60. The van der Waals surface area contributed by atoms with E-state index in [4.69, 9.17) is 0 Å². The van der Waals surface area contributed by atoms with Gasteiger partial charge in [-0.2, -0.15) is 129 Å². The maximum absolute atomic E-state index is 15.4. The van der Waals surface area contributed by atoms with Crippen molar-refractivity contribution in [1.29, 1.82) is 10.5 Å². The summed E-state index contributed by atoms with van der Waals surface area (Å²) in [7, 11) is 0. The van der Waals surface area contributed by atoms with Crippen molar-refractivity contribution in [2.45, 2.75) is 55.6 Å². The molecule has 13 rings (SSSR count). The number of hydrogen-bond acceptors (Lipinski definition) is 2. The molecule has 0 aliphatic heterocycles. The average molecular weight is 1530 g/mol. The van der Waals surface area contributed by atoms with Crippen molar-refractivity contribution in [3.05, 3.63) is 261 Å². The Bertz CT molecular complexity index is 5680. The van der Waals surface area contributed by atoms with Crippen molar-refractivity contribution in [3.63, 3.8) is 0 Å². The van der Waals surface area contributed by atoms with Crippen LogP contribution < -0.4 is 0 Å². The standard InChI is InChI=1S/C77H33F27N4/c78-69(79,80)43-8-14-48(59(30-43)74(93,94)95)39-4-19-64-54(26-39)55-27-40(49-15-9-44(70(81,82)83)31-60(49)75(96,97)98)5-20-65(55)107(64)63-18-3-38(47-12-1-36(34-105)23-58(47)73(90,91)92)25-53(63)52-13-2-37(35-106)24-68(52)108-66-21-6-41(50-16-10-45(71(84,85)86)32-61(50)76(99,100)101)28-56(66)57-29-42(7-22-67(57)108)51-17-11-46(72(87,88)89)33-62(51)77(102,103)104/h1-33H. The molecule has 0 atom stereocenters. The van der Waals surface area contributed by atoms with Gasteiger partial charge >= 0.3 is 55.6 Å². The van der Waals surface area contributed by atoms with Crippen LogP contribution in [0.4, 0.5) is 119 Å². The zero-order chi connectivity index (χ0) is 78.5. The third-order valence-corrected chi connectivity index (χ3v) is 18.0. The van der Waals surface area contributed by atoms with E-state index in [1.165, 1.54) is 15.2 Å². The van der Waals surface area contributed by atoms with Gasteiger partial charge in [0.25, 0.3) is 0 Å². The van der Waals surface area contributed by atoms with Gasteiger partial charge < -0.3 is 9.13 Å². The number of alkyl halides is 27. The van der Waals surface area contributed by atoms with Gasteiger partial charge in [0.2, 0.25) is 0 Å². The molecule has 2 heterocycles. The number of hydrogen-bond donors (Lipinski definition) is 0. The summed E-state index contributed by atoms with van der Waals surface area (Å²) in [6.07, 6.45) is -48.9. The van der Waals surface area contributed by atoms with Gasteiger partial charge in [-0.05, 0) is 189 Å².